The number of fused-ring (bicyclic) bond motifs is 1. The van der Waals surface area contributed by atoms with Gasteiger partial charge < -0.3 is 5.11 Å². The molecule has 0 radical (unpaired) electrons. The first-order valence-corrected chi connectivity index (χ1v) is 4.45. The molecule has 6 nitrogen and oxygen atoms in total. The Morgan fingerprint density at radius 1 is 1.69 bits per heavy atom. The fraction of sp³-hybridized carbons (Fsp3) is 0.333. The maximum absolute atomic E-state index is 10.3. The molecule has 0 bridgehead atoms. The molecule has 2 heterocycles. The van der Waals surface area contributed by atoms with Crippen LogP contribution in [0.1, 0.15) is 11.4 Å². The predicted octanol–water partition coefficient (Wildman–Crippen LogP) is 0.203. The van der Waals surface area contributed by atoms with E-state index < -0.39 is 5.97 Å². The molecular formula is C6H6N4O2S. The van der Waals surface area contributed by atoms with E-state index in [1.54, 1.807) is 4.52 Å². The van der Waals surface area contributed by atoms with Gasteiger partial charge >= 0.3 is 5.97 Å². The van der Waals surface area contributed by atoms with Gasteiger partial charge in [-0.25, -0.2) is 0 Å². The Kier molecular flexibility index (Phi) is 1.93. The molecular weight excluding hydrogens is 192 g/mol. The quantitative estimate of drug-likeness (QED) is 0.762. The van der Waals surface area contributed by atoms with Gasteiger partial charge in [0, 0.05) is 6.42 Å². The summed E-state index contributed by atoms with van der Waals surface area (Å²) in [6, 6.07) is 0. The van der Waals surface area contributed by atoms with E-state index in [0.29, 0.717) is 11.4 Å². The molecule has 2 aromatic rings. The molecule has 68 valence electrons. The van der Waals surface area contributed by atoms with Crippen LogP contribution in [0.2, 0.25) is 0 Å². The van der Waals surface area contributed by atoms with Gasteiger partial charge in [-0.3, -0.25) is 4.79 Å². The standard InChI is InChI=1S/C6H6N4O2S/c11-5(12)2-1-4-9-10-3-7-8-6(10)13-4/h3H,1-2H2,(H,11,12). The molecule has 0 aliphatic carbocycles. The average Bonchev–Trinajstić information content (AvgIpc) is 2.58. The van der Waals surface area contributed by atoms with Gasteiger partial charge in [-0.2, -0.15) is 9.61 Å². The van der Waals surface area contributed by atoms with Gasteiger partial charge in [0.2, 0.25) is 4.96 Å². The van der Waals surface area contributed by atoms with Crippen molar-refractivity contribution in [1.82, 2.24) is 19.8 Å². The van der Waals surface area contributed by atoms with Crippen LogP contribution in [0, 0.1) is 0 Å². The Labute approximate surface area is 76.8 Å². The van der Waals surface area contributed by atoms with Crippen LogP contribution < -0.4 is 0 Å². The van der Waals surface area contributed by atoms with Crippen molar-refractivity contribution < 1.29 is 9.90 Å². The number of hydrogen-bond acceptors (Lipinski definition) is 5. The fourth-order valence-electron chi connectivity index (χ4n) is 0.916. The van der Waals surface area contributed by atoms with Gasteiger partial charge in [0.15, 0.2) is 0 Å². The van der Waals surface area contributed by atoms with Crippen LogP contribution in [0.25, 0.3) is 4.96 Å². The first-order chi connectivity index (χ1) is 6.25. The number of carboxylic acids is 1. The summed E-state index contributed by atoms with van der Waals surface area (Å²) in [5.74, 6) is -0.814. The summed E-state index contributed by atoms with van der Waals surface area (Å²) >= 11 is 1.36. The SMILES string of the molecule is O=C(O)CCc1nn2cnnc2s1. The zero-order valence-corrected chi connectivity index (χ0v) is 7.36. The molecule has 2 rings (SSSR count). The summed E-state index contributed by atoms with van der Waals surface area (Å²) in [4.78, 5) is 11.0. The van der Waals surface area contributed by atoms with Crippen molar-refractivity contribution in [2.24, 2.45) is 0 Å². The Balaban J connectivity index is 2.15. The maximum Gasteiger partial charge on any atom is 0.303 e. The molecule has 2 aromatic heterocycles. The van der Waals surface area contributed by atoms with Gasteiger partial charge in [-0.05, 0) is 0 Å². The summed E-state index contributed by atoms with van der Waals surface area (Å²) in [6.45, 7) is 0. The number of nitrogens with zero attached hydrogens (tertiary/aromatic N) is 4. The third-order valence-electron chi connectivity index (χ3n) is 1.48. The van der Waals surface area contributed by atoms with E-state index in [2.05, 4.69) is 15.3 Å². The first kappa shape index (κ1) is 8.11. The molecule has 0 amide bonds. The lowest BCUT2D eigenvalue weighted by atomic mass is 10.3. The van der Waals surface area contributed by atoms with Crippen molar-refractivity contribution in [3.8, 4) is 0 Å². The zero-order valence-electron chi connectivity index (χ0n) is 6.54. The number of rotatable bonds is 3. The van der Waals surface area contributed by atoms with Gasteiger partial charge in [0.1, 0.15) is 11.3 Å². The molecule has 0 spiro atoms. The van der Waals surface area contributed by atoms with E-state index >= 15 is 0 Å². The van der Waals surface area contributed by atoms with Crippen molar-refractivity contribution in [3.63, 3.8) is 0 Å². The average molecular weight is 198 g/mol. The van der Waals surface area contributed by atoms with Crippen LogP contribution in [0.4, 0.5) is 0 Å². The summed E-state index contributed by atoms with van der Waals surface area (Å²) in [7, 11) is 0. The third-order valence-corrected chi connectivity index (χ3v) is 2.45. The number of carbonyl (C=O) groups is 1. The third kappa shape index (κ3) is 1.64. The minimum absolute atomic E-state index is 0.101. The summed E-state index contributed by atoms with van der Waals surface area (Å²) in [6.07, 6.45) is 2.05. The normalized spacial score (nSPS) is 10.8. The highest BCUT2D eigenvalue weighted by atomic mass is 32.1. The summed E-state index contributed by atoms with van der Waals surface area (Å²) < 4.78 is 1.54. The monoisotopic (exact) mass is 198 g/mol. The second kappa shape index (κ2) is 3.09. The molecule has 0 atom stereocenters. The Morgan fingerprint density at radius 3 is 3.23 bits per heavy atom. The van der Waals surface area contributed by atoms with Crippen LogP contribution in [0.5, 0.6) is 0 Å². The van der Waals surface area contributed by atoms with Crippen LogP contribution in [0.3, 0.4) is 0 Å². The minimum Gasteiger partial charge on any atom is -0.481 e. The fourth-order valence-corrected chi connectivity index (χ4v) is 1.73. The van der Waals surface area contributed by atoms with E-state index in [1.807, 2.05) is 0 Å². The molecule has 13 heavy (non-hydrogen) atoms. The predicted molar refractivity (Wildman–Crippen MR) is 44.6 cm³/mol. The lowest BCUT2D eigenvalue weighted by molar-refractivity contribution is -0.136. The second-order valence-corrected chi connectivity index (χ2v) is 3.49. The minimum atomic E-state index is -0.814. The van der Waals surface area contributed by atoms with Crippen molar-refractivity contribution >= 4 is 22.3 Å². The summed E-state index contributed by atoms with van der Waals surface area (Å²) in [5.41, 5.74) is 0. The highest BCUT2D eigenvalue weighted by Crippen LogP contribution is 2.12. The Hall–Kier alpha value is -1.50. The van der Waals surface area contributed by atoms with E-state index in [9.17, 15) is 4.79 Å². The van der Waals surface area contributed by atoms with Crippen LogP contribution in [-0.2, 0) is 11.2 Å². The first-order valence-electron chi connectivity index (χ1n) is 3.63. The van der Waals surface area contributed by atoms with Gasteiger partial charge in [-0.15, -0.1) is 10.2 Å². The molecule has 0 aliphatic rings. The number of aryl methyl sites for hydroxylation is 1. The molecule has 0 aromatic carbocycles. The van der Waals surface area contributed by atoms with Crippen molar-refractivity contribution in [3.05, 3.63) is 11.3 Å². The zero-order chi connectivity index (χ0) is 9.26. The Bertz CT molecular complexity index is 406. The number of hydrogen-bond donors (Lipinski definition) is 1. The van der Waals surface area contributed by atoms with E-state index in [1.165, 1.54) is 17.7 Å². The Morgan fingerprint density at radius 2 is 2.54 bits per heavy atom. The van der Waals surface area contributed by atoms with Gasteiger partial charge in [-0.1, -0.05) is 11.3 Å². The molecule has 0 saturated carbocycles. The van der Waals surface area contributed by atoms with Crippen molar-refractivity contribution in [2.75, 3.05) is 0 Å². The summed E-state index contributed by atoms with van der Waals surface area (Å²) in [5, 5.41) is 20.7. The van der Waals surface area contributed by atoms with E-state index in [-0.39, 0.29) is 6.42 Å². The second-order valence-electron chi connectivity index (χ2n) is 2.45. The number of aliphatic carboxylic acids is 1. The molecule has 0 fully saturated rings. The molecule has 0 unspecified atom stereocenters. The molecule has 1 N–H and O–H groups in total. The lowest BCUT2D eigenvalue weighted by Crippen LogP contribution is -1.97. The molecule has 0 saturated heterocycles. The van der Waals surface area contributed by atoms with E-state index in [4.69, 9.17) is 5.11 Å². The van der Waals surface area contributed by atoms with Crippen molar-refractivity contribution in [2.45, 2.75) is 12.8 Å². The van der Waals surface area contributed by atoms with Gasteiger partial charge in [0.25, 0.3) is 0 Å². The number of carboxylic acid groups (broad SMARTS) is 1. The highest BCUT2D eigenvalue weighted by molar-refractivity contribution is 7.16. The maximum atomic E-state index is 10.3. The topological polar surface area (TPSA) is 80.4 Å². The lowest BCUT2D eigenvalue weighted by Gasteiger charge is -1.88. The highest BCUT2D eigenvalue weighted by Gasteiger charge is 2.06. The van der Waals surface area contributed by atoms with Crippen LogP contribution >= 0.6 is 11.3 Å². The molecule has 0 aliphatic heterocycles. The molecule has 7 heteroatoms. The largest absolute Gasteiger partial charge is 0.481 e. The van der Waals surface area contributed by atoms with Crippen LogP contribution in [-0.4, -0.2) is 30.9 Å². The van der Waals surface area contributed by atoms with Crippen LogP contribution in [0.15, 0.2) is 6.33 Å². The number of aromatic nitrogens is 4. The van der Waals surface area contributed by atoms with Gasteiger partial charge in [0.05, 0.1) is 6.42 Å². The smallest absolute Gasteiger partial charge is 0.303 e. The van der Waals surface area contributed by atoms with E-state index in [0.717, 1.165) is 5.01 Å². The van der Waals surface area contributed by atoms with Crippen molar-refractivity contribution in [1.29, 1.82) is 0 Å².